The van der Waals surface area contributed by atoms with Gasteiger partial charge in [0.25, 0.3) is 0 Å². The lowest BCUT2D eigenvalue weighted by molar-refractivity contribution is -0.122. The largest absolute Gasteiger partial charge is 0.508 e. The fraction of sp³-hybridized carbons (Fsp3) is 0.316. The van der Waals surface area contributed by atoms with Gasteiger partial charge < -0.3 is 5.11 Å². The van der Waals surface area contributed by atoms with E-state index in [0.717, 1.165) is 17.7 Å². The Labute approximate surface area is 152 Å². The molecule has 138 valence electrons. The van der Waals surface area contributed by atoms with Gasteiger partial charge in [-0.3, -0.25) is 4.79 Å². The molecule has 1 fully saturated rings. The molecule has 5 nitrogen and oxygen atoms in total. The second-order valence-corrected chi connectivity index (χ2v) is 8.25. The summed E-state index contributed by atoms with van der Waals surface area (Å²) in [7, 11) is -3.83. The number of carbonyl (C=O) groups excluding carboxylic acids is 1. The van der Waals surface area contributed by atoms with Gasteiger partial charge in [0.2, 0.25) is 10.0 Å². The van der Waals surface area contributed by atoms with E-state index in [1.165, 1.54) is 16.4 Å². The third-order valence-electron chi connectivity index (χ3n) is 4.57. The van der Waals surface area contributed by atoms with Crippen LogP contribution in [0.25, 0.3) is 0 Å². The SMILES string of the molecule is O=C(CCc1cccc(O)c1)[C@@H]1CCCN1S(=O)(=O)c1ccc(F)cc1. The lowest BCUT2D eigenvalue weighted by Gasteiger charge is -2.23. The van der Waals surface area contributed by atoms with Crippen LogP contribution in [-0.4, -0.2) is 36.2 Å². The van der Waals surface area contributed by atoms with Crippen molar-refractivity contribution in [2.24, 2.45) is 0 Å². The van der Waals surface area contributed by atoms with E-state index in [-0.39, 0.29) is 29.4 Å². The monoisotopic (exact) mass is 377 g/mol. The molecule has 7 heteroatoms. The smallest absolute Gasteiger partial charge is 0.243 e. The van der Waals surface area contributed by atoms with Gasteiger partial charge in [0.05, 0.1) is 10.9 Å². The predicted octanol–water partition coefficient (Wildman–Crippen LogP) is 2.89. The molecule has 0 aliphatic carbocycles. The molecule has 0 radical (unpaired) electrons. The topological polar surface area (TPSA) is 74.7 Å². The Morgan fingerprint density at radius 1 is 1.19 bits per heavy atom. The van der Waals surface area contributed by atoms with Gasteiger partial charge in [-0.1, -0.05) is 12.1 Å². The maximum atomic E-state index is 13.1. The van der Waals surface area contributed by atoms with Gasteiger partial charge in [-0.2, -0.15) is 4.31 Å². The molecule has 1 aliphatic heterocycles. The average Bonchev–Trinajstić information content (AvgIpc) is 3.11. The molecule has 1 N–H and O–H groups in total. The number of rotatable bonds is 6. The first-order valence-corrected chi connectivity index (χ1v) is 9.90. The van der Waals surface area contributed by atoms with Crippen LogP contribution in [0.4, 0.5) is 4.39 Å². The summed E-state index contributed by atoms with van der Waals surface area (Å²) in [5.41, 5.74) is 0.823. The Balaban J connectivity index is 1.72. The highest BCUT2D eigenvalue weighted by molar-refractivity contribution is 7.89. The highest BCUT2D eigenvalue weighted by Gasteiger charge is 2.38. The maximum absolute atomic E-state index is 13.1. The minimum Gasteiger partial charge on any atom is -0.508 e. The minimum absolute atomic E-state index is 0.00779. The molecule has 0 spiro atoms. The van der Waals surface area contributed by atoms with Gasteiger partial charge in [0.1, 0.15) is 11.6 Å². The summed E-state index contributed by atoms with van der Waals surface area (Å²) in [5.74, 6) is -0.517. The van der Waals surface area contributed by atoms with Crippen molar-refractivity contribution in [3.05, 3.63) is 59.9 Å². The lowest BCUT2D eigenvalue weighted by Crippen LogP contribution is -2.40. The highest BCUT2D eigenvalue weighted by atomic mass is 32.2. The normalized spacial score (nSPS) is 18.1. The number of aromatic hydroxyl groups is 1. The van der Waals surface area contributed by atoms with Crippen molar-refractivity contribution in [2.75, 3.05) is 6.54 Å². The summed E-state index contributed by atoms with van der Waals surface area (Å²) in [6.07, 6.45) is 1.74. The van der Waals surface area contributed by atoms with E-state index in [1.807, 2.05) is 6.07 Å². The van der Waals surface area contributed by atoms with Crippen LogP contribution >= 0.6 is 0 Å². The Morgan fingerprint density at radius 3 is 2.62 bits per heavy atom. The molecule has 26 heavy (non-hydrogen) atoms. The van der Waals surface area contributed by atoms with Gasteiger partial charge in [0, 0.05) is 13.0 Å². The van der Waals surface area contributed by atoms with E-state index in [1.54, 1.807) is 18.2 Å². The fourth-order valence-electron chi connectivity index (χ4n) is 3.24. The molecule has 0 saturated carbocycles. The fourth-order valence-corrected chi connectivity index (χ4v) is 4.92. The number of nitrogens with zero attached hydrogens (tertiary/aromatic N) is 1. The van der Waals surface area contributed by atoms with Crippen LogP contribution in [0.2, 0.25) is 0 Å². The number of phenolic OH excluding ortho intramolecular Hbond substituents is 1. The van der Waals surface area contributed by atoms with E-state index >= 15 is 0 Å². The van der Waals surface area contributed by atoms with Crippen LogP contribution in [0.3, 0.4) is 0 Å². The molecule has 2 aromatic carbocycles. The van der Waals surface area contributed by atoms with Gasteiger partial charge in [0.15, 0.2) is 5.78 Å². The van der Waals surface area contributed by atoms with Crippen molar-refractivity contribution >= 4 is 15.8 Å². The minimum atomic E-state index is -3.83. The molecule has 1 atom stereocenters. The number of sulfonamides is 1. The third-order valence-corrected chi connectivity index (χ3v) is 6.49. The zero-order valence-corrected chi connectivity index (χ0v) is 15.0. The van der Waals surface area contributed by atoms with Crippen LogP contribution in [0, 0.1) is 5.82 Å². The zero-order chi connectivity index (χ0) is 18.7. The Bertz CT molecular complexity index is 896. The number of benzene rings is 2. The van der Waals surface area contributed by atoms with E-state index in [2.05, 4.69) is 0 Å². The van der Waals surface area contributed by atoms with Crippen LogP contribution in [0.5, 0.6) is 5.75 Å². The van der Waals surface area contributed by atoms with E-state index in [9.17, 15) is 22.7 Å². The van der Waals surface area contributed by atoms with Gasteiger partial charge in [-0.25, -0.2) is 12.8 Å². The highest BCUT2D eigenvalue weighted by Crippen LogP contribution is 2.28. The molecule has 0 bridgehead atoms. The zero-order valence-electron chi connectivity index (χ0n) is 14.1. The number of hydrogen-bond acceptors (Lipinski definition) is 4. The lowest BCUT2D eigenvalue weighted by atomic mass is 10.0. The predicted molar refractivity (Wildman–Crippen MR) is 94.7 cm³/mol. The van der Waals surface area contributed by atoms with Crippen LogP contribution in [0.15, 0.2) is 53.4 Å². The summed E-state index contributed by atoms with van der Waals surface area (Å²) in [4.78, 5) is 12.6. The summed E-state index contributed by atoms with van der Waals surface area (Å²) in [6.45, 7) is 0.280. The number of Topliss-reactive ketones (excluding diaryl/α,β-unsaturated/α-hetero) is 1. The third kappa shape index (κ3) is 3.94. The molecule has 2 aromatic rings. The van der Waals surface area contributed by atoms with Crippen molar-refractivity contribution in [2.45, 2.75) is 36.6 Å². The molecular weight excluding hydrogens is 357 g/mol. The maximum Gasteiger partial charge on any atom is 0.243 e. The molecule has 1 aliphatic rings. The summed E-state index contributed by atoms with van der Waals surface area (Å²) in [6, 6.07) is 10.6. The van der Waals surface area contributed by atoms with Crippen molar-refractivity contribution < 1.29 is 22.7 Å². The van der Waals surface area contributed by atoms with E-state index < -0.39 is 21.9 Å². The van der Waals surface area contributed by atoms with Crippen molar-refractivity contribution in [1.82, 2.24) is 4.31 Å². The van der Waals surface area contributed by atoms with E-state index in [0.29, 0.717) is 19.3 Å². The average molecular weight is 377 g/mol. The van der Waals surface area contributed by atoms with Crippen LogP contribution < -0.4 is 0 Å². The van der Waals surface area contributed by atoms with Crippen molar-refractivity contribution in [3.8, 4) is 5.75 Å². The number of phenols is 1. The molecule has 0 amide bonds. The molecule has 1 saturated heterocycles. The standard InChI is InChI=1S/C19H20FNO4S/c20-15-7-9-17(10-8-15)26(24,25)21-12-2-5-18(21)19(23)11-6-14-3-1-4-16(22)13-14/h1,3-4,7-10,13,18,22H,2,5-6,11-12H2/t18-/m0/s1. The first-order chi connectivity index (χ1) is 12.4. The molecule has 1 heterocycles. The number of aryl methyl sites for hydroxylation is 1. The van der Waals surface area contributed by atoms with Gasteiger partial charge in [-0.05, 0) is 61.2 Å². The molecular formula is C19H20FNO4S. The summed E-state index contributed by atoms with van der Waals surface area (Å²) < 4.78 is 39.9. The van der Waals surface area contributed by atoms with Gasteiger partial charge >= 0.3 is 0 Å². The number of halogens is 1. The number of ketones is 1. The Hall–Kier alpha value is -2.25. The van der Waals surface area contributed by atoms with Crippen molar-refractivity contribution in [1.29, 1.82) is 0 Å². The second kappa shape index (κ2) is 7.55. The number of hydrogen-bond donors (Lipinski definition) is 1. The Kier molecular flexibility index (Phi) is 5.38. The van der Waals surface area contributed by atoms with Crippen molar-refractivity contribution in [3.63, 3.8) is 0 Å². The molecule has 0 aromatic heterocycles. The van der Waals surface area contributed by atoms with Crippen LogP contribution in [-0.2, 0) is 21.2 Å². The first-order valence-electron chi connectivity index (χ1n) is 8.46. The van der Waals surface area contributed by atoms with Crippen LogP contribution in [0.1, 0.15) is 24.8 Å². The summed E-state index contributed by atoms with van der Waals surface area (Å²) in [5, 5.41) is 9.48. The molecule has 3 rings (SSSR count). The second-order valence-electron chi connectivity index (χ2n) is 6.36. The van der Waals surface area contributed by atoms with Gasteiger partial charge in [-0.15, -0.1) is 0 Å². The molecule has 0 unspecified atom stereocenters. The Morgan fingerprint density at radius 2 is 1.92 bits per heavy atom. The summed E-state index contributed by atoms with van der Waals surface area (Å²) >= 11 is 0. The quantitative estimate of drug-likeness (QED) is 0.840. The number of carbonyl (C=O) groups is 1. The first kappa shape index (κ1) is 18.5. The van der Waals surface area contributed by atoms with E-state index in [4.69, 9.17) is 0 Å².